The van der Waals surface area contributed by atoms with E-state index >= 15 is 0 Å². The van der Waals surface area contributed by atoms with Crippen molar-refractivity contribution in [1.29, 1.82) is 0 Å². The van der Waals surface area contributed by atoms with Crippen LogP contribution >= 0.6 is 22.9 Å². The molecule has 1 aliphatic rings. The zero-order chi connectivity index (χ0) is 26.8. The highest BCUT2D eigenvalue weighted by Gasteiger charge is 2.35. The van der Waals surface area contributed by atoms with Crippen LogP contribution in [0.4, 0.5) is 4.39 Å². The first-order valence-electron chi connectivity index (χ1n) is 11.8. The maximum atomic E-state index is 13.9. The van der Waals surface area contributed by atoms with Crippen molar-refractivity contribution in [3.63, 3.8) is 0 Å². The van der Waals surface area contributed by atoms with E-state index in [1.165, 1.54) is 35.1 Å². The molecule has 3 aromatic carbocycles. The molecule has 5 rings (SSSR count). The number of halogens is 2. The number of aromatic nitrogens is 1. The molecule has 6 nitrogen and oxygen atoms in total. The summed E-state index contributed by atoms with van der Waals surface area (Å²) in [5.74, 6) is -0.503. The molecule has 0 spiro atoms. The molecule has 1 aliphatic heterocycles. The Kier molecular flexibility index (Phi) is 7.26. The van der Waals surface area contributed by atoms with Gasteiger partial charge in [-0.25, -0.2) is 14.2 Å². The minimum atomic E-state index is -0.872. The van der Waals surface area contributed by atoms with E-state index < -0.39 is 17.8 Å². The lowest BCUT2D eigenvalue weighted by Crippen LogP contribution is -2.40. The van der Waals surface area contributed by atoms with E-state index in [-0.39, 0.29) is 17.7 Å². The van der Waals surface area contributed by atoms with Crippen molar-refractivity contribution < 1.29 is 18.7 Å². The summed E-state index contributed by atoms with van der Waals surface area (Å²) in [7, 11) is 1.53. The second kappa shape index (κ2) is 10.8. The molecule has 0 bridgehead atoms. The summed E-state index contributed by atoms with van der Waals surface area (Å²) in [6.07, 6.45) is 1.72. The second-order valence-electron chi connectivity index (χ2n) is 8.38. The Morgan fingerprint density at radius 1 is 1.13 bits per heavy atom. The SMILES string of the molecule is CCOC(=O)C1=C(c2ccccc2)N=c2s/c(=C/c3ccc(OC)c(Cl)c3)c(=O)n2[C@@H]1c1ccc(F)cc1. The molecule has 0 saturated carbocycles. The van der Waals surface area contributed by atoms with E-state index in [1.54, 1.807) is 43.3 Å². The predicted molar refractivity (Wildman–Crippen MR) is 145 cm³/mol. The van der Waals surface area contributed by atoms with E-state index in [2.05, 4.69) is 0 Å². The van der Waals surface area contributed by atoms with Crippen molar-refractivity contribution in [3.05, 3.63) is 126 Å². The number of hydrogen-bond donors (Lipinski definition) is 0. The van der Waals surface area contributed by atoms with Crippen molar-refractivity contribution >= 4 is 40.7 Å². The van der Waals surface area contributed by atoms with Crippen LogP contribution in [0.3, 0.4) is 0 Å². The van der Waals surface area contributed by atoms with Crippen LogP contribution in [-0.4, -0.2) is 24.3 Å². The van der Waals surface area contributed by atoms with E-state index in [1.807, 2.05) is 30.3 Å². The van der Waals surface area contributed by atoms with E-state index in [0.29, 0.717) is 42.5 Å². The van der Waals surface area contributed by atoms with E-state index in [0.717, 1.165) is 0 Å². The third-order valence-corrected chi connectivity index (χ3v) is 7.31. The molecule has 38 heavy (non-hydrogen) atoms. The molecule has 9 heteroatoms. The molecule has 0 amide bonds. The highest BCUT2D eigenvalue weighted by molar-refractivity contribution is 7.07. The van der Waals surface area contributed by atoms with Gasteiger partial charge in [0.05, 0.1) is 40.6 Å². The Labute approximate surface area is 226 Å². The average molecular weight is 549 g/mol. The van der Waals surface area contributed by atoms with Crippen LogP contribution in [0.1, 0.15) is 29.7 Å². The first-order valence-corrected chi connectivity index (χ1v) is 13.0. The van der Waals surface area contributed by atoms with Gasteiger partial charge in [0.2, 0.25) is 0 Å². The summed E-state index contributed by atoms with van der Waals surface area (Å²) in [6.45, 7) is 1.85. The fourth-order valence-corrected chi connectivity index (χ4v) is 5.59. The Balaban J connectivity index is 1.80. The van der Waals surface area contributed by atoms with E-state index in [4.69, 9.17) is 26.1 Å². The number of benzene rings is 3. The van der Waals surface area contributed by atoms with Crippen LogP contribution in [0.2, 0.25) is 5.02 Å². The van der Waals surface area contributed by atoms with Gasteiger partial charge in [-0.3, -0.25) is 9.36 Å². The summed E-state index contributed by atoms with van der Waals surface area (Å²) in [5, 5.41) is 0.411. The Bertz CT molecular complexity index is 1730. The van der Waals surface area contributed by atoms with Gasteiger partial charge in [0.25, 0.3) is 5.56 Å². The van der Waals surface area contributed by atoms with Crippen LogP contribution in [0, 0.1) is 5.82 Å². The fourth-order valence-electron chi connectivity index (χ4n) is 4.32. The molecule has 0 aliphatic carbocycles. The molecule has 2 heterocycles. The number of thiazole rings is 1. The van der Waals surface area contributed by atoms with Crippen LogP contribution in [0.15, 0.2) is 88.2 Å². The van der Waals surface area contributed by atoms with Crippen LogP contribution in [0.25, 0.3) is 11.8 Å². The number of ether oxygens (including phenoxy) is 2. The van der Waals surface area contributed by atoms with Gasteiger partial charge < -0.3 is 9.47 Å². The third kappa shape index (κ3) is 4.80. The standard InChI is InChI=1S/C29H22ClFN2O4S/c1-3-37-28(35)24-25(18-7-5-4-6-8-18)32-29-33(26(24)19-10-12-20(31)13-11-19)27(34)23(38-29)16-17-9-14-22(36-2)21(30)15-17/h4-16,26H,3H2,1-2H3/b23-16+/t26-/m1/s1. The number of fused-ring (bicyclic) bond motifs is 1. The molecule has 4 aromatic rings. The quantitative estimate of drug-likeness (QED) is 0.326. The van der Waals surface area contributed by atoms with Gasteiger partial charge in [0.15, 0.2) is 4.80 Å². The highest BCUT2D eigenvalue weighted by Crippen LogP contribution is 2.35. The summed E-state index contributed by atoms with van der Waals surface area (Å²) >= 11 is 7.48. The molecule has 192 valence electrons. The van der Waals surface area contributed by atoms with Gasteiger partial charge in [0.1, 0.15) is 11.6 Å². The molecule has 0 radical (unpaired) electrons. The summed E-state index contributed by atoms with van der Waals surface area (Å²) in [4.78, 5) is 32.4. The molecule has 0 fully saturated rings. The van der Waals surface area contributed by atoms with Gasteiger partial charge in [-0.1, -0.05) is 71.5 Å². The van der Waals surface area contributed by atoms with Crippen LogP contribution in [-0.2, 0) is 9.53 Å². The first-order chi connectivity index (χ1) is 18.4. The summed E-state index contributed by atoms with van der Waals surface area (Å²) in [5.41, 5.74) is 2.21. The second-order valence-corrected chi connectivity index (χ2v) is 9.79. The van der Waals surface area contributed by atoms with Gasteiger partial charge >= 0.3 is 5.97 Å². The van der Waals surface area contributed by atoms with E-state index in [9.17, 15) is 14.0 Å². The zero-order valence-corrected chi connectivity index (χ0v) is 22.1. The lowest BCUT2D eigenvalue weighted by molar-refractivity contribution is -0.138. The average Bonchev–Trinajstić information content (AvgIpc) is 3.23. The molecule has 1 atom stereocenters. The lowest BCUT2D eigenvalue weighted by Gasteiger charge is -2.25. The molecule has 1 aromatic heterocycles. The summed E-state index contributed by atoms with van der Waals surface area (Å²) in [6, 6.07) is 19.3. The zero-order valence-electron chi connectivity index (χ0n) is 20.5. The van der Waals surface area contributed by atoms with Crippen molar-refractivity contribution in [2.75, 3.05) is 13.7 Å². The number of hydrogen-bond acceptors (Lipinski definition) is 6. The summed E-state index contributed by atoms with van der Waals surface area (Å²) < 4.78 is 26.4. The topological polar surface area (TPSA) is 69.9 Å². The fraction of sp³-hybridized carbons (Fsp3) is 0.138. The monoisotopic (exact) mass is 548 g/mol. The van der Waals surface area contributed by atoms with Crippen molar-refractivity contribution in [1.82, 2.24) is 4.57 Å². The van der Waals surface area contributed by atoms with Gasteiger partial charge in [-0.05, 0) is 48.4 Å². The number of carbonyl (C=O) groups excluding carboxylic acids is 1. The van der Waals surface area contributed by atoms with Gasteiger partial charge in [-0.2, -0.15) is 0 Å². The molecular weight excluding hydrogens is 527 g/mol. The minimum absolute atomic E-state index is 0.142. The number of carbonyl (C=O) groups is 1. The van der Waals surface area contributed by atoms with Gasteiger partial charge in [-0.15, -0.1) is 0 Å². The lowest BCUT2D eigenvalue weighted by atomic mass is 9.93. The normalized spacial score (nSPS) is 15.2. The maximum absolute atomic E-state index is 13.9. The maximum Gasteiger partial charge on any atom is 0.338 e. The molecular formula is C29H22ClFN2O4S. The van der Waals surface area contributed by atoms with Crippen LogP contribution in [0.5, 0.6) is 5.75 Å². The van der Waals surface area contributed by atoms with Crippen molar-refractivity contribution in [2.24, 2.45) is 4.99 Å². The predicted octanol–water partition coefficient (Wildman–Crippen LogP) is 4.74. The highest BCUT2D eigenvalue weighted by atomic mass is 35.5. The Hall–Kier alpha value is -4.01. The third-order valence-electron chi connectivity index (χ3n) is 6.03. The Morgan fingerprint density at radius 3 is 2.53 bits per heavy atom. The molecule has 0 N–H and O–H groups in total. The first kappa shape index (κ1) is 25.6. The smallest absolute Gasteiger partial charge is 0.338 e. The van der Waals surface area contributed by atoms with Crippen molar-refractivity contribution in [3.8, 4) is 5.75 Å². The van der Waals surface area contributed by atoms with Crippen LogP contribution < -0.4 is 19.6 Å². The largest absolute Gasteiger partial charge is 0.495 e. The number of methoxy groups -OCH3 is 1. The molecule has 0 unspecified atom stereocenters. The number of rotatable bonds is 6. The van der Waals surface area contributed by atoms with Crippen molar-refractivity contribution in [2.45, 2.75) is 13.0 Å². The Morgan fingerprint density at radius 2 is 1.87 bits per heavy atom. The molecule has 0 saturated heterocycles. The minimum Gasteiger partial charge on any atom is -0.495 e. The van der Waals surface area contributed by atoms with Gasteiger partial charge in [0, 0.05) is 5.56 Å². The number of nitrogens with zero attached hydrogens (tertiary/aromatic N) is 2. The number of esters is 1.